The van der Waals surface area contributed by atoms with Crippen LogP contribution < -0.4 is 0 Å². The molecule has 1 N–H and O–H groups in total. The molecule has 4 heteroatoms. The number of carbonyl (C=O) groups is 1. The van der Waals surface area contributed by atoms with Crippen molar-refractivity contribution in [2.24, 2.45) is 0 Å². The lowest BCUT2D eigenvalue weighted by Gasteiger charge is -2.21. The van der Waals surface area contributed by atoms with Crippen LogP contribution in [0.25, 0.3) is 0 Å². The van der Waals surface area contributed by atoms with E-state index in [9.17, 15) is 4.79 Å². The fraction of sp³-hybridized carbons (Fsp3) is 0.462. The molecule has 0 atom stereocenters. The minimum absolute atomic E-state index is 0.00128. The topological polar surface area (TPSA) is 40.5 Å². The number of amides is 1. The van der Waals surface area contributed by atoms with Crippen LogP contribution in [0.4, 0.5) is 0 Å². The molecule has 0 aliphatic rings. The number of carbonyl (C=O) groups excluding carboxylic acids is 1. The third kappa shape index (κ3) is 4.75. The van der Waals surface area contributed by atoms with Crippen molar-refractivity contribution in [3.05, 3.63) is 34.9 Å². The summed E-state index contributed by atoms with van der Waals surface area (Å²) in [6.45, 7) is 3.09. The third-order valence-electron chi connectivity index (χ3n) is 2.46. The first-order valence-corrected chi connectivity index (χ1v) is 6.18. The summed E-state index contributed by atoms with van der Waals surface area (Å²) < 4.78 is 0. The molecule has 0 saturated carbocycles. The number of hydrogen-bond donors (Lipinski definition) is 1. The Hall–Kier alpha value is -1.06. The molecule has 0 spiro atoms. The number of rotatable bonds is 6. The number of nitrogens with zero attached hydrogens (tertiary/aromatic N) is 1. The molecule has 1 rings (SSSR count). The fourth-order valence-electron chi connectivity index (χ4n) is 1.69. The van der Waals surface area contributed by atoms with Gasteiger partial charge in [0, 0.05) is 18.1 Å². The van der Waals surface area contributed by atoms with Crippen LogP contribution in [0.15, 0.2) is 24.3 Å². The van der Waals surface area contributed by atoms with E-state index in [2.05, 4.69) is 0 Å². The smallest absolute Gasteiger partial charge is 0.227 e. The summed E-state index contributed by atoms with van der Waals surface area (Å²) in [7, 11) is 0. The average molecular weight is 256 g/mol. The van der Waals surface area contributed by atoms with Crippen molar-refractivity contribution in [3.8, 4) is 0 Å². The van der Waals surface area contributed by atoms with E-state index >= 15 is 0 Å². The normalized spacial score (nSPS) is 10.3. The summed E-state index contributed by atoms with van der Waals surface area (Å²) in [5.41, 5.74) is 0.904. The van der Waals surface area contributed by atoms with E-state index in [-0.39, 0.29) is 12.5 Å². The predicted octanol–water partition coefficient (Wildman–Crippen LogP) is 2.11. The SMILES string of the molecule is CCCN(CCO)C(=O)Cc1cccc(Cl)c1. The zero-order valence-corrected chi connectivity index (χ0v) is 10.8. The Morgan fingerprint density at radius 3 is 2.76 bits per heavy atom. The number of aliphatic hydroxyl groups is 1. The molecular formula is C13H18ClNO2. The van der Waals surface area contributed by atoms with Crippen molar-refractivity contribution in [3.63, 3.8) is 0 Å². The highest BCUT2D eigenvalue weighted by Gasteiger charge is 2.12. The highest BCUT2D eigenvalue weighted by molar-refractivity contribution is 6.30. The van der Waals surface area contributed by atoms with Gasteiger partial charge in [-0.15, -0.1) is 0 Å². The standard InChI is InChI=1S/C13H18ClNO2/c1-2-6-15(7-8-16)13(17)10-11-4-3-5-12(14)9-11/h3-5,9,16H,2,6-8,10H2,1H3. The van der Waals surface area contributed by atoms with Gasteiger partial charge in [0.15, 0.2) is 0 Å². The van der Waals surface area contributed by atoms with Gasteiger partial charge in [-0.2, -0.15) is 0 Å². The minimum atomic E-state index is 0.00128. The quantitative estimate of drug-likeness (QED) is 0.846. The van der Waals surface area contributed by atoms with Gasteiger partial charge < -0.3 is 10.0 Å². The van der Waals surface area contributed by atoms with E-state index in [0.29, 0.717) is 24.5 Å². The van der Waals surface area contributed by atoms with Gasteiger partial charge in [0.1, 0.15) is 0 Å². The Morgan fingerprint density at radius 2 is 2.18 bits per heavy atom. The van der Waals surface area contributed by atoms with E-state index in [0.717, 1.165) is 12.0 Å². The van der Waals surface area contributed by atoms with E-state index in [1.807, 2.05) is 19.1 Å². The summed E-state index contributed by atoms with van der Waals surface area (Å²) in [6.07, 6.45) is 1.22. The van der Waals surface area contributed by atoms with Crippen LogP contribution >= 0.6 is 11.6 Å². The van der Waals surface area contributed by atoms with Gasteiger partial charge in [-0.1, -0.05) is 30.7 Å². The van der Waals surface area contributed by atoms with Crippen LogP contribution in [0.1, 0.15) is 18.9 Å². The first-order valence-electron chi connectivity index (χ1n) is 5.80. The first kappa shape index (κ1) is 14.0. The molecule has 0 unspecified atom stereocenters. The van der Waals surface area contributed by atoms with Gasteiger partial charge in [-0.3, -0.25) is 4.79 Å². The molecule has 1 aromatic carbocycles. The van der Waals surface area contributed by atoms with Crippen molar-refractivity contribution in [1.29, 1.82) is 0 Å². The molecule has 1 amide bonds. The Bertz CT molecular complexity index is 362. The van der Waals surface area contributed by atoms with Crippen LogP contribution in [0.2, 0.25) is 5.02 Å². The van der Waals surface area contributed by atoms with Crippen LogP contribution in [0.5, 0.6) is 0 Å². The second-order valence-corrected chi connectivity index (χ2v) is 4.35. The van der Waals surface area contributed by atoms with Crippen molar-refractivity contribution in [1.82, 2.24) is 4.90 Å². The number of halogens is 1. The minimum Gasteiger partial charge on any atom is -0.395 e. The second kappa shape index (κ2) is 7.30. The lowest BCUT2D eigenvalue weighted by molar-refractivity contribution is -0.131. The molecule has 3 nitrogen and oxygen atoms in total. The molecule has 0 fully saturated rings. The molecule has 17 heavy (non-hydrogen) atoms. The number of aliphatic hydroxyl groups excluding tert-OH is 1. The van der Waals surface area contributed by atoms with Crippen LogP contribution in [-0.2, 0) is 11.2 Å². The molecule has 1 aromatic rings. The monoisotopic (exact) mass is 255 g/mol. The summed E-state index contributed by atoms with van der Waals surface area (Å²) in [4.78, 5) is 13.7. The van der Waals surface area contributed by atoms with E-state index in [4.69, 9.17) is 16.7 Å². The van der Waals surface area contributed by atoms with Crippen molar-refractivity contribution < 1.29 is 9.90 Å². The highest BCUT2D eigenvalue weighted by Crippen LogP contribution is 2.12. The summed E-state index contributed by atoms with van der Waals surface area (Å²) in [5, 5.41) is 9.55. The van der Waals surface area contributed by atoms with Gasteiger partial charge in [0.05, 0.1) is 13.0 Å². The largest absolute Gasteiger partial charge is 0.395 e. The van der Waals surface area contributed by atoms with E-state index in [1.165, 1.54) is 0 Å². The van der Waals surface area contributed by atoms with Crippen LogP contribution in [0.3, 0.4) is 0 Å². The Balaban J connectivity index is 2.62. The zero-order chi connectivity index (χ0) is 12.7. The molecule has 0 saturated heterocycles. The average Bonchev–Trinajstić information content (AvgIpc) is 2.28. The van der Waals surface area contributed by atoms with Crippen LogP contribution in [0, 0.1) is 0 Å². The van der Waals surface area contributed by atoms with Crippen molar-refractivity contribution in [2.75, 3.05) is 19.7 Å². The van der Waals surface area contributed by atoms with Crippen molar-refractivity contribution in [2.45, 2.75) is 19.8 Å². The third-order valence-corrected chi connectivity index (χ3v) is 2.70. The van der Waals surface area contributed by atoms with Crippen LogP contribution in [-0.4, -0.2) is 35.6 Å². The number of benzene rings is 1. The lowest BCUT2D eigenvalue weighted by atomic mass is 10.1. The summed E-state index contributed by atoms with van der Waals surface area (Å²) in [6, 6.07) is 7.30. The molecule has 0 aliphatic carbocycles. The number of hydrogen-bond acceptors (Lipinski definition) is 2. The predicted molar refractivity (Wildman–Crippen MR) is 69.1 cm³/mol. The molecule has 0 aromatic heterocycles. The highest BCUT2D eigenvalue weighted by atomic mass is 35.5. The Morgan fingerprint density at radius 1 is 1.41 bits per heavy atom. The molecular weight excluding hydrogens is 238 g/mol. The summed E-state index contributed by atoms with van der Waals surface area (Å²) >= 11 is 5.87. The Kier molecular flexibility index (Phi) is 6.01. The lowest BCUT2D eigenvalue weighted by Crippen LogP contribution is -2.35. The Labute approximate surface area is 107 Å². The van der Waals surface area contributed by atoms with Gasteiger partial charge >= 0.3 is 0 Å². The van der Waals surface area contributed by atoms with E-state index in [1.54, 1.807) is 17.0 Å². The maximum atomic E-state index is 12.0. The molecule has 0 aliphatic heterocycles. The summed E-state index contributed by atoms with van der Waals surface area (Å²) in [5.74, 6) is 0.0307. The molecule has 0 radical (unpaired) electrons. The van der Waals surface area contributed by atoms with Gasteiger partial charge in [0.2, 0.25) is 5.91 Å². The van der Waals surface area contributed by atoms with Crippen molar-refractivity contribution >= 4 is 17.5 Å². The maximum Gasteiger partial charge on any atom is 0.227 e. The second-order valence-electron chi connectivity index (χ2n) is 3.91. The van der Waals surface area contributed by atoms with Gasteiger partial charge in [-0.25, -0.2) is 0 Å². The molecule has 0 bridgehead atoms. The fourth-order valence-corrected chi connectivity index (χ4v) is 1.90. The van der Waals surface area contributed by atoms with Gasteiger partial charge in [-0.05, 0) is 24.1 Å². The molecule has 94 valence electrons. The maximum absolute atomic E-state index is 12.0. The van der Waals surface area contributed by atoms with E-state index < -0.39 is 0 Å². The molecule has 0 heterocycles. The zero-order valence-electron chi connectivity index (χ0n) is 10.0. The van der Waals surface area contributed by atoms with Gasteiger partial charge in [0.25, 0.3) is 0 Å². The first-order chi connectivity index (χ1) is 8.17.